The number of methoxy groups -OCH3 is 1. The number of nitrogens with one attached hydrogen (secondary N) is 1. The fourth-order valence-corrected chi connectivity index (χ4v) is 11.1. The van der Waals surface area contributed by atoms with E-state index in [9.17, 15) is 9.90 Å². The SMILES string of the molecule is COc1ccc2c3c1O[C@H]1CCC[C@H]4[C@@H](C2)[N+](CC2CC2)(NC(=O)C(CCc2ccccc2)C(O)CCCCCCCCc2ccccc2)CC[C@]314. The molecule has 8 rings (SSSR count). The molecule has 1 amide bonds. The Labute approximate surface area is 311 Å². The highest BCUT2D eigenvalue weighted by Gasteiger charge is 2.69. The van der Waals surface area contributed by atoms with Gasteiger partial charge in [-0.2, -0.15) is 0 Å². The van der Waals surface area contributed by atoms with Crippen molar-refractivity contribution in [1.29, 1.82) is 0 Å². The van der Waals surface area contributed by atoms with Crippen LogP contribution in [0.4, 0.5) is 0 Å². The summed E-state index contributed by atoms with van der Waals surface area (Å²) in [6.07, 6.45) is 17.8. The maximum Gasteiger partial charge on any atom is 0.270 e. The van der Waals surface area contributed by atoms with Crippen LogP contribution in [0, 0.1) is 17.8 Å². The van der Waals surface area contributed by atoms with Gasteiger partial charge in [-0.05, 0) is 87.0 Å². The molecule has 2 N–H and O–H groups in total. The predicted molar refractivity (Wildman–Crippen MR) is 206 cm³/mol. The Morgan fingerprint density at radius 3 is 2.33 bits per heavy atom. The summed E-state index contributed by atoms with van der Waals surface area (Å²) in [6.45, 7) is 1.95. The van der Waals surface area contributed by atoms with E-state index in [-0.39, 0.29) is 17.4 Å². The first-order valence-corrected chi connectivity index (χ1v) is 20.8. The lowest BCUT2D eigenvalue weighted by atomic mass is 9.51. The van der Waals surface area contributed by atoms with E-state index in [0.717, 1.165) is 69.5 Å². The number of nitrogens with zero attached hydrogens (tertiary/aromatic N) is 1. The third kappa shape index (κ3) is 7.02. The number of unbranched alkanes of at least 4 members (excludes halogenated alkanes) is 5. The number of aryl methyl sites for hydroxylation is 2. The molecule has 0 radical (unpaired) electrons. The summed E-state index contributed by atoms with van der Waals surface area (Å²) in [5, 5.41) is 11.8. The predicted octanol–water partition coefficient (Wildman–Crippen LogP) is 8.66. The van der Waals surface area contributed by atoms with Gasteiger partial charge >= 0.3 is 0 Å². The summed E-state index contributed by atoms with van der Waals surface area (Å²) >= 11 is 0. The molecule has 1 saturated heterocycles. The van der Waals surface area contributed by atoms with E-state index in [4.69, 9.17) is 9.47 Å². The summed E-state index contributed by atoms with van der Waals surface area (Å²) < 4.78 is 13.3. The molecule has 7 atom stereocenters. The number of rotatable bonds is 18. The Bertz CT molecular complexity index is 1660. The molecule has 0 aromatic heterocycles. The number of hydrogen-bond donors (Lipinski definition) is 2. The standard InChI is InChI=1S/C46H60N2O4/c1-51-41-28-26-36-31-39-38-20-14-22-42-46(38,43(36)44(41)52-42)29-30-48(39,32-35-23-24-35)47-45(50)37(27-25-34-18-11-7-12-19-34)40(49)21-13-5-3-2-4-8-15-33-16-9-6-10-17-33/h6-7,9-12,16-19,26,28,35,37-40,42,49H,2-5,8,13-15,20-25,27,29-32H2,1H3/p+1/t37?,38-,39+,40?,42-,46+,48?/m0/s1. The summed E-state index contributed by atoms with van der Waals surface area (Å²) in [5.74, 6) is 2.66. The first-order valence-electron chi connectivity index (χ1n) is 20.8. The van der Waals surface area contributed by atoms with Gasteiger partial charge in [0.2, 0.25) is 0 Å². The number of likely N-dealkylation sites (tertiary alicyclic amines) is 1. The topological polar surface area (TPSA) is 67.8 Å². The van der Waals surface area contributed by atoms with Crippen LogP contribution in [0.5, 0.6) is 11.5 Å². The third-order valence-electron chi connectivity index (χ3n) is 13.9. The summed E-state index contributed by atoms with van der Waals surface area (Å²) in [5.41, 5.74) is 9.31. The lowest BCUT2D eigenvalue weighted by molar-refractivity contribution is -0.995. The maximum absolute atomic E-state index is 14.8. The first-order chi connectivity index (χ1) is 25.5. The average molecular weight is 706 g/mol. The Kier molecular flexibility index (Phi) is 10.7. The second kappa shape index (κ2) is 15.6. The molecule has 5 aliphatic rings. The Morgan fingerprint density at radius 2 is 1.60 bits per heavy atom. The van der Waals surface area contributed by atoms with Gasteiger partial charge in [0.1, 0.15) is 25.2 Å². The van der Waals surface area contributed by atoms with Gasteiger partial charge in [-0.15, -0.1) is 0 Å². The number of piperidine rings is 1. The Hall–Kier alpha value is -3.35. The van der Waals surface area contributed by atoms with Crippen molar-refractivity contribution in [3.05, 3.63) is 95.1 Å². The molecule has 2 heterocycles. The Balaban J connectivity index is 0.965. The number of hydrogen-bond acceptors (Lipinski definition) is 4. The van der Waals surface area contributed by atoms with E-state index in [1.807, 2.05) is 6.07 Å². The first kappa shape index (κ1) is 35.7. The van der Waals surface area contributed by atoms with Gasteiger partial charge in [0.25, 0.3) is 5.91 Å². The molecule has 2 saturated carbocycles. The van der Waals surface area contributed by atoms with E-state index in [1.165, 1.54) is 73.6 Å². The number of amides is 1. The van der Waals surface area contributed by atoms with Gasteiger partial charge in [-0.25, -0.2) is 10.0 Å². The van der Waals surface area contributed by atoms with Crippen molar-refractivity contribution in [1.82, 2.24) is 5.43 Å². The van der Waals surface area contributed by atoms with E-state index in [1.54, 1.807) is 7.11 Å². The highest BCUT2D eigenvalue weighted by Crippen LogP contribution is 2.65. The molecule has 3 aromatic carbocycles. The minimum absolute atomic E-state index is 0.0180. The number of benzene rings is 3. The smallest absolute Gasteiger partial charge is 0.270 e. The highest BCUT2D eigenvalue weighted by molar-refractivity contribution is 5.78. The maximum atomic E-state index is 14.8. The fourth-order valence-electron chi connectivity index (χ4n) is 11.1. The molecule has 2 bridgehead atoms. The van der Waals surface area contributed by atoms with Crippen LogP contribution in [0.1, 0.15) is 112 Å². The number of aliphatic hydroxyl groups is 1. The Morgan fingerprint density at radius 1 is 0.885 bits per heavy atom. The van der Waals surface area contributed by atoms with Crippen molar-refractivity contribution < 1.29 is 24.0 Å². The van der Waals surface area contributed by atoms with Crippen LogP contribution < -0.4 is 14.9 Å². The summed E-state index contributed by atoms with van der Waals surface area (Å²) in [7, 11) is 1.76. The van der Waals surface area contributed by atoms with Crippen molar-refractivity contribution in [2.45, 2.75) is 133 Å². The fraction of sp³-hybridized carbons (Fsp3) is 0.587. The normalized spacial score (nSPS) is 28.0. The van der Waals surface area contributed by atoms with Crippen molar-refractivity contribution in [2.75, 3.05) is 20.2 Å². The lowest BCUT2D eigenvalue weighted by Gasteiger charge is -2.61. The van der Waals surface area contributed by atoms with Crippen molar-refractivity contribution in [3.8, 4) is 11.5 Å². The molecule has 3 fully saturated rings. The highest BCUT2D eigenvalue weighted by atomic mass is 16.5. The number of quaternary nitrogens is 1. The van der Waals surface area contributed by atoms with Gasteiger partial charge in [0.15, 0.2) is 11.5 Å². The van der Waals surface area contributed by atoms with E-state index >= 15 is 0 Å². The minimum Gasteiger partial charge on any atom is -0.493 e. The molecule has 6 nitrogen and oxygen atoms in total. The zero-order valence-corrected chi connectivity index (χ0v) is 31.4. The molecule has 2 aliphatic heterocycles. The molecular formula is C46H61N2O4+. The molecule has 1 spiro atoms. The second-order valence-corrected chi connectivity index (χ2v) is 17.0. The molecule has 6 heteroatoms. The van der Waals surface area contributed by atoms with Crippen LogP contribution in [0.3, 0.4) is 0 Å². The molecule has 3 aliphatic carbocycles. The van der Waals surface area contributed by atoms with E-state index in [2.05, 4.69) is 72.2 Å². The average Bonchev–Trinajstić information content (AvgIpc) is 3.92. The second-order valence-electron chi connectivity index (χ2n) is 17.0. The number of ether oxygens (including phenoxy) is 2. The van der Waals surface area contributed by atoms with Gasteiger partial charge in [-0.1, -0.05) is 98.8 Å². The van der Waals surface area contributed by atoms with Gasteiger partial charge in [-0.3, -0.25) is 4.79 Å². The van der Waals surface area contributed by atoms with E-state index < -0.39 is 12.0 Å². The van der Waals surface area contributed by atoms with Crippen LogP contribution >= 0.6 is 0 Å². The van der Waals surface area contributed by atoms with Gasteiger partial charge < -0.3 is 14.6 Å². The van der Waals surface area contributed by atoms with Gasteiger partial charge in [0, 0.05) is 30.2 Å². The molecule has 3 aromatic rings. The van der Waals surface area contributed by atoms with Crippen LogP contribution in [0.15, 0.2) is 72.8 Å². The minimum atomic E-state index is -0.636. The zero-order chi connectivity index (χ0) is 35.5. The van der Waals surface area contributed by atoms with Crippen molar-refractivity contribution in [3.63, 3.8) is 0 Å². The largest absolute Gasteiger partial charge is 0.493 e. The number of carbonyl (C=O) groups excluding carboxylic acids is 1. The monoisotopic (exact) mass is 705 g/mol. The molecular weight excluding hydrogens is 645 g/mol. The van der Waals surface area contributed by atoms with Crippen LogP contribution in [-0.2, 0) is 29.5 Å². The zero-order valence-electron chi connectivity index (χ0n) is 31.4. The lowest BCUT2D eigenvalue weighted by Crippen LogP contribution is -2.77. The van der Waals surface area contributed by atoms with Crippen LogP contribution in [-0.4, -0.2) is 54.1 Å². The number of carbonyl (C=O) groups is 1. The van der Waals surface area contributed by atoms with Crippen molar-refractivity contribution >= 4 is 5.91 Å². The van der Waals surface area contributed by atoms with E-state index in [0.29, 0.717) is 35.3 Å². The van der Waals surface area contributed by atoms with Crippen molar-refractivity contribution in [2.24, 2.45) is 17.8 Å². The molecule has 278 valence electrons. The van der Waals surface area contributed by atoms with Crippen LogP contribution in [0.2, 0.25) is 0 Å². The summed E-state index contributed by atoms with van der Waals surface area (Å²) in [4.78, 5) is 14.8. The summed E-state index contributed by atoms with van der Waals surface area (Å²) in [6, 6.07) is 26.0. The number of aliphatic hydroxyl groups excluding tert-OH is 1. The van der Waals surface area contributed by atoms with Gasteiger partial charge in [0.05, 0.1) is 24.5 Å². The molecule has 52 heavy (non-hydrogen) atoms. The van der Waals surface area contributed by atoms with Crippen LogP contribution in [0.25, 0.3) is 0 Å². The quantitative estimate of drug-likeness (QED) is 0.103. The third-order valence-corrected chi connectivity index (χ3v) is 13.9. The molecule has 3 unspecified atom stereocenters.